The van der Waals surface area contributed by atoms with Crippen molar-refractivity contribution in [3.05, 3.63) is 28.8 Å². The highest BCUT2D eigenvalue weighted by atomic mass is 35.5. The molecule has 2 rings (SSSR count). The van der Waals surface area contributed by atoms with Crippen LogP contribution in [0.15, 0.2) is 18.2 Å². The Balaban J connectivity index is 2.32. The molecule has 0 radical (unpaired) electrons. The smallest absolute Gasteiger partial charge is 0.101 e. The fourth-order valence-electron chi connectivity index (χ4n) is 2.49. The Kier molecular flexibility index (Phi) is 4.46. The van der Waals surface area contributed by atoms with Crippen LogP contribution in [-0.2, 0) is 0 Å². The van der Waals surface area contributed by atoms with Crippen molar-refractivity contribution in [1.29, 1.82) is 5.26 Å². The monoisotopic (exact) mass is 263 g/mol. The van der Waals surface area contributed by atoms with E-state index in [9.17, 15) is 5.26 Å². The van der Waals surface area contributed by atoms with E-state index in [1.54, 1.807) is 6.07 Å². The molecule has 0 bridgehead atoms. The fourth-order valence-corrected chi connectivity index (χ4v) is 2.67. The third-order valence-electron chi connectivity index (χ3n) is 3.33. The van der Waals surface area contributed by atoms with Gasteiger partial charge in [0, 0.05) is 24.2 Å². The zero-order valence-electron chi connectivity index (χ0n) is 10.6. The summed E-state index contributed by atoms with van der Waals surface area (Å²) in [6, 6.07) is 8.32. The Morgan fingerprint density at radius 2 is 2.39 bits per heavy atom. The van der Waals surface area contributed by atoms with Gasteiger partial charge in [-0.3, -0.25) is 0 Å². The maximum absolute atomic E-state index is 9.25. The second-order valence-corrected chi connectivity index (χ2v) is 5.05. The molecule has 0 amide bonds. The Morgan fingerprint density at radius 3 is 3.00 bits per heavy atom. The number of benzene rings is 1. The molecule has 1 aliphatic heterocycles. The summed E-state index contributed by atoms with van der Waals surface area (Å²) in [6.07, 6.45) is 2.21. The van der Waals surface area contributed by atoms with Gasteiger partial charge < -0.3 is 10.2 Å². The van der Waals surface area contributed by atoms with Gasteiger partial charge in [-0.1, -0.05) is 18.5 Å². The van der Waals surface area contributed by atoms with E-state index in [1.165, 1.54) is 0 Å². The topological polar surface area (TPSA) is 39.1 Å². The molecule has 1 atom stereocenters. The van der Waals surface area contributed by atoms with Crippen LogP contribution in [0.4, 0.5) is 5.69 Å². The van der Waals surface area contributed by atoms with Crippen LogP contribution in [0.3, 0.4) is 0 Å². The summed E-state index contributed by atoms with van der Waals surface area (Å²) in [7, 11) is 0. The predicted molar refractivity (Wildman–Crippen MR) is 75.1 cm³/mol. The third-order valence-corrected chi connectivity index (χ3v) is 3.56. The first-order valence-corrected chi connectivity index (χ1v) is 6.81. The minimum absolute atomic E-state index is 0.484. The molecule has 1 aliphatic rings. The molecule has 4 heteroatoms. The molecule has 1 fully saturated rings. The van der Waals surface area contributed by atoms with Crippen LogP contribution in [0.2, 0.25) is 5.02 Å². The van der Waals surface area contributed by atoms with Gasteiger partial charge in [0.1, 0.15) is 6.07 Å². The molecule has 1 N–H and O–H groups in total. The summed E-state index contributed by atoms with van der Waals surface area (Å²) in [5, 5.41) is 13.3. The van der Waals surface area contributed by atoms with Crippen LogP contribution in [0.1, 0.15) is 25.3 Å². The number of nitrogens with one attached hydrogen (secondary N) is 1. The van der Waals surface area contributed by atoms with Crippen LogP contribution in [0.25, 0.3) is 0 Å². The summed E-state index contributed by atoms with van der Waals surface area (Å²) in [5.74, 6) is 0. The second kappa shape index (κ2) is 6.08. The van der Waals surface area contributed by atoms with Gasteiger partial charge in [0.25, 0.3) is 0 Å². The maximum Gasteiger partial charge on any atom is 0.101 e. The van der Waals surface area contributed by atoms with Crippen molar-refractivity contribution in [3.8, 4) is 6.07 Å². The van der Waals surface area contributed by atoms with E-state index in [1.807, 2.05) is 12.1 Å². The zero-order valence-corrected chi connectivity index (χ0v) is 11.4. The molecule has 1 saturated heterocycles. The van der Waals surface area contributed by atoms with Crippen LogP contribution in [-0.4, -0.2) is 25.7 Å². The SMILES string of the molecule is CCCN(c1ccc(Cl)cc1C#N)C1CCNC1. The Hall–Kier alpha value is -1.24. The summed E-state index contributed by atoms with van der Waals surface area (Å²) in [4.78, 5) is 2.34. The van der Waals surface area contributed by atoms with Gasteiger partial charge in [0.2, 0.25) is 0 Å². The van der Waals surface area contributed by atoms with Gasteiger partial charge in [-0.25, -0.2) is 0 Å². The van der Waals surface area contributed by atoms with E-state index in [2.05, 4.69) is 23.2 Å². The van der Waals surface area contributed by atoms with E-state index >= 15 is 0 Å². The standard InChI is InChI=1S/C14H18ClN3/c1-2-7-18(13-5-6-17-10-13)14-4-3-12(15)8-11(14)9-16/h3-4,8,13,17H,2,5-7,10H2,1H3. The van der Waals surface area contributed by atoms with Gasteiger partial charge in [0.05, 0.1) is 11.3 Å². The van der Waals surface area contributed by atoms with E-state index < -0.39 is 0 Å². The summed E-state index contributed by atoms with van der Waals surface area (Å²) >= 11 is 5.96. The lowest BCUT2D eigenvalue weighted by atomic mass is 10.1. The lowest BCUT2D eigenvalue weighted by molar-refractivity contribution is 0.625. The van der Waals surface area contributed by atoms with Crippen molar-refractivity contribution in [1.82, 2.24) is 5.32 Å². The van der Waals surface area contributed by atoms with E-state index in [0.717, 1.165) is 38.2 Å². The highest BCUT2D eigenvalue weighted by molar-refractivity contribution is 6.30. The largest absolute Gasteiger partial charge is 0.366 e. The molecule has 1 unspecified atom stereocenters. The molecule has 0 aromatic heterocycles. The van der Waals surface area contributed by atoms with Crippen LogP contribution < -0.4 is 10.2 Å². The Labute approximate surface area is 113 Å². The number of halogens is 1. The second-order valence-electron chi connectivity index (χ2n) is 4.61. The molecular formula is C14H18ClN3. The first-order chi connectivity index (χ1) is 8.76. The quantitative estimate of drug-likeness (QED) is 0.908. The molecule has 18 heavy (non-hydrogen) atoms. The molecule has 0 saturated carbocycles. The summed E-state index contributed by atoms with van der Waals surface area (Å²) in [6.45, 7) is 5.19. The first kappa shape index (κ1) is 13.2. The normalized spacial score (nSPS) is 18.6. The average molecular weight is 264 g/mol. The van der Waals surface area contributed by atoms with Gasteiger partial charge in [-0.15, -0.1) is 0 Å². The van der Waals surface area contributed by atoms with Crippen molar-refractivity contribution in [2.45, 2.75) is 25.8 Å². The van der Waals surface area contributed by atoms with Crippen molar-refractivity contribution in [3.63, 3.8) is 0 Å². The lowest BCUT2D eigenvalue weighted by Gasteiger charge is -2.31. The molecule has 96 valence electrons. The highest BCUT2D eigenvalue weighted by Crippen LogP contribution is 2.27. The van der Waals surface area contributed by atoms with Gasteiger partial charge in [-0.2, -0.15) is 5.26 Å². The van der Waals surface area contributed by atoms with Crippen LogP contribution in [0, 0.1) is 11.3 Å². The van der Waals surface area contributed by atoms with Crippen LogP contribution in [0.5, 0.6) is 0 Å². The van der Waals surface area contributed by atoms with E-state index in [4.69, 9.17) is 11.6 Å². The van der Waals surface area contributed by atoms with Gasteiger partial charge >= 0.3 is 0 Å². The molecule has 1 aromatic rings. The summed E-state index contributed by atoms with van der Waals surface area (Å²) < 4.78 is 0. The van der Waals surface area contributed by atoms with E-state index in [-0.39, 0.29) is 0 Å². The van der Waals surface area contributed by atoms with Crippen LogP contribution >= 0.6 is 11.6 Å². The van der Waals surface area contributed by atoms with Crippen molar-refractivity contribution in [2.75, 3.05) is 24.5 Å². The first-order valence-electron chi connectivity index (χ1n) is 6.43. The molecular weight excluding hydrogens is 246 g/mol. The highest BCUT2D eigenvalue weighted by Gasteiger charge is 2.23. The van der Waals surface area contributed by atoms with E-state index in [0.29, 0.717) is 16.6 Å². The number of nitrogens with zero attached hydrogens (tertiary/aromatic N) is 2. The predicted octanol–water partition coefficient (Wildman–Crippen LogP) is 2.79. The Morgan fingerprint density at radius 1 is 1.56 bits per heavy atom. The number of anilines is 1. The number of rotatable bonds is 4. The minimum Gasteiger partial charge on any atom is -0.366 e. The molecule has 1 aromatic carbocycles. The zero-order chi connectivity index (χ0) is 13.0. The molecule has 1 heterocycles. The minimum atomic E-state index is 0.484. The van der Waals surface area contributed by atoms with Gasteiger partial charge in [-0.05, 0) is 37.6 Å². The fraction of sp³-hybridized carbons (Fsp3) is 0.500. The Bertz CT molecular complexity index is 447. The number of nitriles is 1. The van der Waals surface area contributed by atoms with Crippen molar-refractivity contribution >= 4 is 17.3 Å². The van der Waals surface area contributed by atoms with Gasteiger partial charge in [0.15, 0.2) is 0 Å². The number of hydrogen-bond acceptors (Lipinski definition) is 3. The number of hydrogen-bond donors (Lipinski definition) is 1. The molecule has 3 nitrogen and oxygen atoms in total. The average Bonchev–Trinajstić information content (AvgIpc) is 2.90. The lowest BCUT2D eigenvalue weighted by Crippen LogP contribution is -2.38. The van der Waals surface area contributed by atoms with Crippen molar-refractivity contribution < 1.29 is 0 Å². The maximum atomic E-state index is 9.25. The van der Waals surface area contributed by atoms with Crippen molar-refractivity contribution in [2.24, 2.45) is 0 Å². The molecule has 0 spiro atoms. The summed E-state index contributed by atoms with van der Waals surface area (Å²) in [5.41, 5.74) is 1.68. The third kappa shape index (κ3) is 2.77. The molecule has 0 aliphatic carbocycles.